The second-order valence-electron chi connectivity index (χ2n) is 10.5. The SMILES string of the molecule is C#CCCC[C@H](CC(=O)OC)N(O[Si](C)(C)C(C)(C)C)O[Si](C)(C)C(C)(C)C. The first-order valence-corrected chi connectivity index (χ1v) is 16.0. The monoisotopic (exact) mass is 429 g/mol. The van der Waals surface area contributed by atoms with E-state index in [2.05, 4.69) is 73.7 Å². The highest BCUT2D eigenvalue weighted by molar-refractivity contribution is 6.74. The molecule has 0 bridgehead atoms. The van der Waals surface area contributed by atoms with Crippen molar-refractivity contribution >= 4 is 22.6 Å². The molecule has 1 atom stereocenters. The number of nitrogens with zero attached hydrogens (tertiary/aromatic N) is 1. The largest absolute Gasteiger partial charge is 0.469 e. The zero-order valence-corrected chi connectivity index (χ0v) is 22.1. The molecule has 0 aromatic rings. The summed E-state index contributed by atoms with van der Waals surface area (Å²) in [7, 11) is -2.92. The molecule has 0 spiro atoms. The van der Waals surface area contributed by atoms with Gasteiger partial charge in [0.15, 0.2) is 0 Å². The molecular weight excluding hydrogens is 386 g/mol. The minimum atomic E-state index is -2.17. The number of ether oxygens (including phenoxy) is 1. The number of carbonyl (C=O) groups is 1. The summed E-state index contributed by atoms with van der Waals surface area (Å²) in [6, 6.07) is -0.232. The van der Waals surface area contributed by atoms with Crippen molar-refractivity contribution in [2.24, 2.45) is 0 Å². The first kappa shape index (κ1) is 27.3. The van der Waals surface area contributed by atoms with E-state index < -0.39 is 16.6 Å². The van der Waals surface area contributed by atoms with Gasteiger partial charge in [-0.1, -0.05) is 46.8 Å². The minimum absolute atomic E-state index is 0.0106. The molecule has 0 aliphatic rings. The number of hydrogen-bond donors (Lipinski definition) is 0. The Morgan fingerprint density at radius 2 is 1.43 bits per heavy atom. The summed E-state index contributed by atoms with van der Waals surface area (Å²) in [6.07, 6.45) is 7.82. The number of rotatable bonds is 10. The van der Waals surface area contributed by atoms with Crippen LogP contribution < -0.4 is 0 Å². The maximum atomic E-state index is 12.1. The fourth-order valence-electron chi connectivity index (χ4n) is 1.89. The van der Waals surface area contributed by atoms with Gasteiger partial charge in [0, 0.05) is 6.42 Å². The van der Waals surface area contributed by atoms with Crippen LogP contribution in [-0.2, 0) is 18.6 Å². The van der Waals surface area contributed by atoms with E-state index in [1.54, 1.807) is 5.23 Å². The molecule has 0 unspecified atom stereocenters. The number of hydroxylamine groups is 2. The molecule has 0 fully saturated rings. The highest BCUT2D eigenvalue weighted by Gasteiger charge is 2.46. The number of terminal acetylenes is 1. The molecule has 7 heteroatoms. The van der Waals surface area contributed by atoms with Crippen LogP contribution in [0, 0.1) is 12.3 Å². The lowest BCUT2D eigenvalue weighted by molar-refractivity contribution is -0.303. The van der Waals surface area contributed by atoms with Crippen molar-refractivity contribution in [1.29, 1.82) is 0 Å². The third-order valence-corrected chi connectivity index (χ3v) is 14.5. The van der Waals surface area contributed by atoms with Crippen molar-refractivity contribution in [1.82, 2.24) is 5.23 Å². The molecule has 0 amide bonds. The topological polar surface area (TPSA) is 48.0 Å². The quantitative estimate of drug-likeness (QED) is 0.142. The number of hydrogen-bond acceptors (Lipinski definition) is 5. The van der Waals surface area contributed by atoms with E-state index in [1.807, 2.05) is 0 Å². The van der Waals surface area contributed by atoms with Gasteiger partial charge in [0.1, 0.15) is 0 Å². The third kappa shape index (κ3) is 8.38. The summed E-state index contributed by atoms with van der Waals surface area (Å²) in [5, 5.41) is 1.69. The van der Waals surface area contributed by atoms with Crippen molar-refractivity contribution in [3.05, 3.63) is 0 Å². The van der Waals surface area contributed by atoms with Crippen LogP contribution >= 0.6 is 0 Å². The molecule has 0 aliphatic carbocycles. The smallest absolute Gasteiger partial charge is 0.307 e. The Labute approximate surface area is 175 Å². The number of esters is 1. The Kier molecular flexibility index (Phi) is 10.2. The molecule has 0 N–H and O–H groups in total. The van der Waals surface area contributed by atoms with E-state index in [4.69, 9.17) is 20.2 Å². The Hall–Kier alpha value is -0.656. The second-order valence-corrected chi connectivity index (χ2v) is 19.9. The lowest BCUT2D eigenvalue weighted by atomic mass is 10.1. The van der Waals surface area contributed by atoms with Gasteiger partial charge in [-0.3, -0.25) is 4.79 Å². The Morgan fingerprint density at radius 1 is 1.00 bits per heavy atom. The molecule has 0 aliphatic heterocycles. The second kappa shape index (κ2) is 10.4. The summed E-state index contributed by atoms with van der Waals surface area (Å²) in [5.74, 6) is 2.41. The van der Waals surface area contributed by atoms with Crippen molar-refractivity contribution in [2.45, 2.75) is 110 Å². The fraction of sp³-hybridized carbons (Fsp3) is 0.857. The fourth-order valence-corrected chi connectivity index (χ4v) is 3.78. The van der Waals surface area contributed by atoms with Crippen LogP contribution in [0.15, 0.2) is 0 Å². The average Bonchev–Trinajstić information content (AvgIpc) is 2.50. The first-order chi connectivity index (χ1) is 12.5. The van der Waals surface area contributed by atoms with Crippen molar-refractivity contribution in [3.8, 4) is 12.3 Å². The van der Waals surface area contributed by atoms with Crippen molar-refractivity contribution in [3.63, 3.8) is 0 Å². The first-order valence-electron chi connectivity index (χ1n) is 10.2. The summed E-state index contributed by atoms with van der Waals surface area (Å²) in [4.78, 5) is 12.1. The zero-order valence-electron chi connectivity index (χ0n) is 20.1. The molecular formula is C21H43NO4Si2. The molecule has 0 saturated heterocycles. The summed E-state index contributed by atoms with van der Waals surface area (Å²) in [5.41, 5.74) is 0. The van der Waals surface area contributed by atoms with Gasteiger partial charge in [0.2, 0.25) is 16.6 Å². The molecule has 0 radical (unpaired) electrons. The van der Waals surface area contributed by atoms with Gasteiger partial charge in [-0.05, 0) is 49.1 Å². The van der Waals surface area contributed by atoms with Crippen LogP contribution in [-0.4, -0.2) is 41.0 Å². The van der Waals surface area contributed by atoms with E-state index >= 15 is 0 Å². The lowest BCUT2D eigenvalue weighted by Crippen LogP contribution is -2.55. The molecule has 0 aromatic carbocycles. The van der Waals surface area contributed by atoms with Crippen LogP contribution in [0.4, 0.5) is 0 Å². The average molecular weight is 430 g/mol. The van der Waals surface area contributed by atoms with Gasteiger partial charge in [0.25, 0.3) is 0 Å². The highest BCUT2D eigenvalue weighted by atomic mass is 28.4. The van der Waals surface area contributed by atoms with Crippen LogP contribution in [0.2, 0.25) is 36.3 Å². The van der Waals surface area contributed by atoms with Crippen molar-refractivity contribution in [2.75, 3.05) is 7.11 Å². The van der Waals surface area contributed by atoms with Crippen molar-refractivity contribution < 1.29 is 18.6 Å². The van der Waals surface area contributed by atoms with Gasteiger partial charge >= 0.3 is 5.97 Å². The standard InChI is InChI=1S/C21H43NO4Si2/c1-13-14-15-16-18(17-19(23)24-8)22(25-27(9,10)20(2,3)4)26-28(11,12)21(5,6)7/h1,18H,14-17H2,2-12H3/t18-/m1/s1. The summed E-state index contributed by atoms with van der Waals surface area (Å²) in [6.45, 7) is 21.9. The maximum Gasteiger partial charge on any atom is 0.307 e. The van der Waals surface area contributed by atoms with Gasteiger partial charge in [-0.25, -0.2) is 0 Å². The minimum Gasteiger partial charge on any atom is -0.469 e. The van der Waals surface area contributed by atoms with Gasteiger partial charge in [-0.15, -0.1) is 12.3 Å². The third-order valence-electron chi connectivity index (χ3n) is 6.04. The van der Waals surface area contributed by atoms with E-state index in [-0.39, 0.29) is 28.5 Å². The summed E-state index contributed by atoms with van der Waals surface area (Å²) < 4.78 is 18.1. The Bertz CT molecular complexity index is 514. The highest BCUT2D eigenvalue weighted by Crippen LogP contribution is 2.41. The summed E-state index contributed by atoms with van der Waals surface area (Å²) >= 11 is 0. The van der Waals surface area contributed by atoms with E-state index in [0.717, 1.165) is 6.42 Å². The molecule has 5 nitrogen and oxygen atoms in total. The number of unbranched alkanes of at least 4 members (excludes halogenated alkanes) is 1. The Morgan fingerprint density at radius 3 is 1.75 bits per heavy atom. The van der Waals surface area contributed by atoms with E-state index in [9.17, 15) is 4.79 Å². The predicted octanol–water partition coefficient (Wildman–Crippen LogP) is 5.90. The van der Waals surface area contributed by atoms with Gasteiger partial charge in [-0.2, -0.15) is 0 Å². The molecule has 0 rings (SSSR count). The van der Waals surface area contributed by atoms with Crippen LogP contribution in [0.5, 0.6) is 0 Å². The van der Waals surface area contributed by atoms with Crippen LogP contribution in [0.25, 0.3) is 0 Å². The van der Waals surface area contributed by atoms with Crippen LogP contribution in [0.3, 0.4) is 0 Å². The molecule has 28 heavy (non-hydrogen) atoms. The molecule has 0 heterocycles. The zero-order chi connectivity index (χ0) is 22.4. The maximum absolute atomic E-state index is 12.1. The number of carbonyl (C=O) groups excluding carboxylic acids is 1. The van der Waals surface area contributed by atoms with Gasteiger partial charge in [0.05, 0.1) is 19.6 Å². The van der Waals surface area contributed by atoms with E-state index in [0.29, 0.717) is 12.8 Å². The van der Waals surface area contributed by atoms with Gasteiger partial charge < -0.3 is 13.8 Å². The Balaban J connectivity index is 5.90. The molecule has 0 saturated carbocycles. The predicted molar refractivity (Wildman–Crippen MR) is 122 cm³/mol. The molecule has 0 aromatic heterocycles. The molecule has 164 valence electrons. The number of methoxy groups -OCH3 is 1. The normalized spacial score (nSPS) is 14.7. The lowest BCUT2D eigenvalue weighted by Gasteiger charge is -2.46. The van der Waals surface area contributed by atoms with Crippen LogP contribution in [0.1, 0.15) is 67.2 Å². The van der Waals surface area contributed by atoms with E-state index in [1.165, 1.54) is 7.11 Å².